The fraction of sp³-hybridized carbons (Fsp3) is 0.514. The second kappa shape index (κ2) is 15.3. The Morgan fingerprint density at radius 3 is 2.22 bits per heavy atom. The van der Waals surface area contributed by atoms with Gasteiger partial charge in [-0.2, -0.15) is 0 Å². The molecule has 2 heterocycles. The number of hydrogen-bond donors (Lipinski definition) is 1. The van der Waals surface area contributed by atoms with Crippen LogP contribution in [0.25, 0.3) is 0 Å². The summed E-state index contributed by atoms with van der Waals surface area (Å²) in [5.74, 6) is 2.34. The Morgan fingerprint density at radius 2 is 1.49 bits per heavy atom. The van der Waals surface area contributed by atoms with E-state index in [1.807, 2.05) is 18.2 Å². The van der Waals surface area contributed by atoms with Crippen LogP contribution >= 0.6 is 0 Å². The van der Waals surface area contributed by atoms with Gasteiger partial charge in [0.2, 0.25) is 0 Å². The molecule has 0 amide bonds. The molecule has 3 aromatic carbocycles. The van der Waals surface area contributed by atoms with Gasteiger partial charge in [0.1, 0.15) is 17.2 Å². The molecule has 2 aliphatic rings. The van der Waals surface area contributed by atoms with Gasteiger partial charge >= 0.3 is 0 Å². The first-order valence-corrected chi connectivity index (χ1v) is 16.2. The summed E-state index contributed by atoms with van der Waals surface area (Å²) in [6, 6.07) is 25.3. The van der Waals surface area contributed by atoms with Gasteiger partial charge in [-0.25, -0.2) is 0 Å². The third-order valence-corrected chi connectivity index (χ3v) is 9.17. The van der Waals surface area contributed by atoms with Crippen molar-refractivity contribution in [2.24, 2.45) is 0 Å². The van der Waals surface area contributed by atoms with Gasteiger partial charge in [-0.15, -0.1) is 0 Å². The van der Waals surface area contributed by atoms with Crippen molar-refractivity contribution in [3.05, 3.63) is 89.5 Å². The van der Waals surface area contributed by atoms with Crippen LogP contribution in [0.4, 0.5) is 0 Å². The minimum Gasteiger partial charge on any atom is -0.508 e. The average molecular weight is 556 g/mol. The second-order valence-electron chi connectivity index (χ2n) is 12.2. The number of phenolic OH excluding ortho intramolecular Hbond substituents is 1. The summed E-state index contributed by atoms with van der Waals surface area (Å²) < 4.78 is 12.2. The molecule has 0 saturated carbocycles. The van der Waals surface area contributed by atoms with E-state index in [2.05, 4.69) is 60.4 Å². The van der Waals surface area contributed by atoms with Crippen LogP contribution in [0.1, 0.15) is 106 Å². The number of fused-ring (bicyclic) bond motifs is 1. The lowest BCUT2D eigenvalue weighted by atomic mass is 9.76. The summed E-state index contributed by atoms with van der Waals surface area (Å²) >= 11 is 0. The zero-order valence-corrected chi connectivity index (χ0v) is 25.0. The largest absolute Gasteiger partial charge is 0.508 e. The number of unbranched alkanes of at least 4 members (excludes halogenated alkanes) is 7. The Balaban J connectivity index is 1.02. The lowest BCUT2D eigenvalue weighted by molar-refractivity contribution is 0.242. The van der Waals surface area contributed by atoms with Gasteiger partial charge in [-0.05, 0) is 87.2 Å². The van der Waals surface area contributed by atoms with Gasteiger partial charge in [0.15, 0.2) is 0 Å². The van der Waals surface area contributed by atoms with Crippen molar-refractivity contribution in [3.8, 4) is 17.2 Å². The molecule has 4 nitrogen and oxygen atoms in total. The zero-order valence-electron chi connectivity index (χ0n) is 25.0. The van der Waals surface area contributed by atoms with Crippen molar-refractivity contribution in [1.29, 1.82) is 0 Å². The van der Waals surface area contributed by atoms with Crippen LogP contribution in [-0.4, -0.2) is 42.4 Å². The second-order valence-corrected chi connectivity index (χ2v) is 12.2. The summed E-state index contributed by atoms with van der Waals surface area (Å²) in [7, 11) is 0. The fourth-order valence-corrected chi connectivity index (χ4v) is 6.73. The Hall–Kier alpha value is -2.98. The number of likely N-dealkylation sites (tertiary alicyclic amines) is 1. The molecule has 5 rings (SSSR count). The fourth-order valence-electron chi connectivity index (χ4n) is 6.73. The molecule has 0 spiro atoms. The predicted octanol–water partition coefficient (Wildman–Crippen LogP) is 9.07. The van der Waals surface area contributed by atoms with E-state index in [4.69, 9.17) is 9.47 Å². The van der Waals surface area contributed by atoms with Crippen LogP contribution in [0, 0.1) is 0 Å². The summed E-state index contributed by atoms with van der Waals surface area (Å²) in [5.41, 5.74) is 3.50. The molecule has 3 aromatic rings. The number of hydrogen-bond acceptors (Lipinski definition) is 4. The van der Waals surface area contributed by atoms with Crippen LogP contribution in [0.5, 0.6) is 17.2 Å². The maximum Gasteiger partial charge on any atom is 0.123 e. The zero-order chi connectivity index (χ0) is 28.3. The van der Waals surface area contributed by atoms with Crippen LogP contribution < -0.4 is 9.47 Å². The van der Waals surface area contributed by atoms with Gasteiger partial charge in [-0.3, -0.25) is 0 Å². The summed E-state index contributed by atoms with van der Waals surface area (Å²) in [5, 5.41) is 10.3. The topological polar surface area (TPSA) is 41.9 Å². The molecule has 0 radical (unpaired) electrons. The first-order valence-electron chi connectivity index (χ1n) is 16.2. The van der Waals surface area contributed by atoms with E-state index in [0.29, 0.717) is 6.61 Å². The molecule has 220 valence electrons. The first-order chi connectivity index (χ1) is 20.2. The van der Waals surface area contributed by atoms with E-state index < -0.39 is 0 Å². The van der Waals surface area contributed by atoms with Gasteiger partial charge in [0.25, 0.3) is 0 Å². The highest BCUT2D eigenvalue weighted by atomic mass is 16.5. The first kappa shape index (κ1) is 29.5. The quantitative estimate of drug-likeness (QED) is 0.190. The van der Waals surface area contributed by atoms with Crippen molar-refractivity contribution < 1.29 is 14.6 Å². The highest BCUT2D eigenvalue weighted by Gasteiger charge is 2.33. The lowest BCUT2D eigenvalue weighted by Gasteiger charge is -2.34. The Bertz CT molecular complexity index is 1170. The van der Waals surface area contributed by atoms with Crippen molar-refractivity contribution in [2.75, 3.05) is 26.3 Å². The van der Waals surface area contributed by atoms with E-state index in [1.54, 1.807) is 6.07 Å². The number of phenols is 1. The summed E-state index contributed by atoms with van der Waals surface area (Å²) in [6.07, 6.45) is 14.7. The minimum atomic E-state index is 0.107. The molecule has 2 aliphatic heterocycles. The Kier molecular flexibility index (Phi) is 11.0. The molecule has 0 aromatic heterocycles. The van der Waals surface area contributed by atoms with E-state index >= 15 is 0 Å². The molecular formula is C37H49NO3. The van der Waals surface area contributed by atoms with Crippen LogP contribution in [-0.2, 0) is 0 Å². The lowest BCUT2D eigenvalue weighted by Crippen LogP contribution is -2.29. The molecule has 1 N–H and O–H groups in total. The molecule has 3 unspecified atom stereocenters. The van der Waals surface area contributed by atoms with E-state index in [-0.39, 0.29) is 17.6 Å². The normalized spacial score (nSPS) is 19.4. The van der Waals surface area contributed by atoms with Gasteiger partial charge in [0, 0.05) is 23.4 Å². The summed E-state index contributed by atoms with van der Waals surface area (Å²) in [6.45, 7) is 6.45. The minimum absolute atomic E-state index is 0.107. The van der Waals surface area contributed by atoms with E-state index in [9.17, 15) is 5.11 Å². The van der Waals surface area contributed by atoms with Gasteiger partial charge in [-0.1, -0.05) is 87.4 Å². The maximum absolute atomic E-state index is 10.3. The molecule has 1 fully saturated rings. The van der Waals surface area contributed by atoms with Crippen molar-refractivity contribution >= 4 is 0 Å². The highest BCUT2D eigenvalue weighted by Crippen LogP contribution is 2.47. The third-order valence-electron chi connectivity index (χ3n) is 9.17. The predicted molar refractivity (Wildman–Crippen MR) is 168 cm³/mol. The Labute approximate surface area is 247 Å². The van der Waals surface area contributed by atoms with Crippen LogP contribution in [0.2, 0.25) is 0 Å². The highest BCUT2D eigenvalue weighted by molar-refractivity contribution is 5.51. The number of rotatable bonds is 15. The molecule has 3 atom stereocenters. The van der Waals surface area contributed by atoms with Crippen LogP contribution in [0.15, 0.2) is 72.8 Å². The number of nitrogens with zero attached hydrogens (tertiary/aromatic N) is 1. The molecular weight excluding hydrogens is 506 g/mol. The Morgan fingerprint density at radius 1 is 0.805 bits per heavy atom. The average Bonchev–Trinajstić information content (AvgIpc) is 3.55. The van der Waals surface area contributed by atoms with Crippen LogP contribution in [0.3, 0.4) is 0 Å². The summed E-state index contributed by atoms with van der Waals surface area (Å²) in [4.78, 5) is 2.68. The van der Waals surface area contributed by atoms with Crippen molar-refractivity contribution in [1.82, 2.24) is 4.90 Å². The van der Waals surface area contributed by atoms with Crippen molar-refractivity contribution in [3.63, 3.8) is 0 Å². The smallest absolute Gasteiger partial charge is 0.123 e. The van der Waals surface area contributed by atoms with E-state index in [1.165, 1.54) is 88.4 Å². The molecule has 1 saturated heterocycles. The van der Waals surface area contributed by atoms with Crippen molar-refractivity contribution in [2.45, 2.75) is 95.4 Å². The van der Waals surface area contributed by atoms with Gasteiger partial charge in [0.05, 0.1) is 13.2 Å². The SMILES string of the molecule is CC(CCCCCCCCCCOc1ccc(C2c3cc(O)ccc3OCC2c2ccccc2)cc1)N1CCCC1. The number of ether oxygens (including phenoxy) is 2. The molecule has 0 aliphatic carbocycles. The monoisotopic (exact) mass is 555 g/mol. The standard InChI is InChI=1S/C37H49NO3/c1-29(38-24-12-13-25-38)15-9-6-4-2-3-5-7-14-26-40-33-21-18-31(19-22-33)37-34-27-32(39)20-23-36(34)41-28-35(37)30-16-10-8-11-17-30/h8,10-11,16-23,27,29,35,37,39H,2-7,9,12-15,24-26,28H2,1H3. The maximum atomic E-state index is 10.3. The van der Waals surface area contributed by atoms with E-state index in [0.717, 1.165) is 36.1 Å². The third kappa shape index (κ3) is 8.29. The molecule has 4 heteroatoms. The molecule has 41 heavy (non-hydrogen) atoms. The molecule has 0 bridgehead atoms. The number of benzene rings is 3. The number of aromatic hydroxyl groups is 1. The van der Waals surface area contributed by atoms with Gasteiger partial charge < -0.3 is 19.5 Å².